The van der Waals surface area contributed by atoms with E-state index in [0.29, 0.717) is 17.1 Å². The number of para-hydroxylation sites is 1. The second-order valence-corrected chi connectivity index (χ2v) is 7.44. The standard InChI is InChI=1S/C20H17NO6S/c1-12(22)21-14(11-28-19(21)17-7-4-8-25-17)20(24)26-10-15(23)18-9-13-5-2-3-6-16(13)27-18/h2-9,14,19H,10-11H2,1H3/t14-,19-/m0/s1. The van der Waals surface area contributed by atoms with E-state index in [4.69, 9.17) is 13.6 Å². The molecule has 0 spiro atoms. The molecule has 7 nitrogen and oxygen atoms in total. The van der Waals surface area contributed by atoms with Crippen molar-refractivity contribution in [3.63, 3.8) is 0 Å². The van der Waals surface area contributed by atoms with E-state index in [0.717, 1.165) is 5.39 Å². The molecule has 1 amide bonds. The predicted molar refractivity (Wildman–Crippen MR) is 102 cm³/mol. The maximum Gasteiger partial charge on any atom is 0.330 e. The number of furan rings is 2. The molecular weight excluding hydrogens is 382 g/mol. The smallest absolute Gasteiger partial charge is 0.330 e. The van der Waals surface area contributed by atoms with Crippen LogP contribution in [0.2, 0.25) is 0 Å². The number of carbonyl (C=O) groups is 3. The Kier molecular flexibility index (Phi) is 4.95. The number of fused-ring (bicyclic) bond motifs is 1. The summed E-state index contributed by atoms with van der Waals surface area (Å²) in [5.41, 5.74) is 0.591. The molecule has 3 aromatic rings. The summed E-state index contributed by atoms with van der Waals surface area (Å²) in [5, 5.41) is 0.407. The van der Waals surface area contributed by atoms with Crippen LogP contribution in [0.5, 0.6) is 0 Å². The van der Waals surface area contributed by atoms with Crippen LogP contribution in [0, 0.1) is 0 Å². The van der Waals surface area contributed by atoms with E-state index in [1.54, 1.807) is 24.3 Å². The van der Waals surface area contributed by atoms with Crippen LogP contribution in [0.25, 0.3) is 11.0 Å². The molecule has 0 radical (unpaired) electrons. The van der Waals surface area contributed by atoms with Crippen LogP contribution in [0.1, 0.15) is 28.6 Å². The zero-order valence-electron chi connectivity index (χ0n) is 15.0. The Balaban J connectivity index is 1.42. The number of ether oxygens (including phenoxy) is 1. The second-order valence-electron chi connectivity index (χ2n) is 6.32. The topological polar surface area (TPSA) is 90.0 Å². The van der Waals surface area contributed by atoms with Crippen molar-refractivity contribution in [2.24, 2.45) is 0 Å². The third-order valence-electron chi connectivity index (χ3n) is 4.47. The second kappa shape index (κ2) is 7.55. The number of amides is 1. The molecule has 1 aliphatic heterocycles. The number of ketones is 1. The fourth-order valence-corrected chi connectivity index (χ4v) is 4.56. The van der Waals surface area contributed by atoms with Gasteiger partial charge in [-0.2, -0.15) is 0 Å². The first-order valence-corrected chi connectivity index (χ1v) is 9.72. The Labute approximate surface area is 164 Å². The molecule has 28 heavy (non-hydrogen) atoms. The summed E-state index contributed by atoms with van der Waals surface area (Å²) < 4.78 is 16.1. The van der Waals surface area contributed by atoms with Gasteiger partial charge >= 0.3 is 5.97 Å². The van der Waals surface area contributed by atoms with Gasteiger partial charge in [0, 0.05) is 18.1 Å². The highest BCUT2D eigenvalue weighted by Crippen LogP contribution is 2.41. The minimum atomic E-state index is -0.777. The van der Waals surface area contributed by atoms with Gasteiger partial charge in [-0.3, -0.25) is 9.59 Å². The summed E-state index contributed by atoms with van der Waals surface area (Å²) >= 11 is 1.41. The molecule has 2 atom stereocenters. The molecule has 144 valence electrons. The fraction of sp³-hybridized carbons (Fsp3) is 0.250. The van der Waals surface area contributed by atoms with Gasteiger partial charge in [-0.1, -0.05) is 18.2 Å². The summed E-state index contributed by atoms with van der Waals surface area (Å²) in [6.45, 7) is 0.943. The van der Waals surface area contributed by atoms with E-state index >= 15 is 0 Å². The molecule has 0 unspecified atom stereocenters. The number of hydrogen-bond acceptors (Lipinski definition) is 7. The maximum absolute atomic E-state index is 12.5. The van der Waals surface area contributed by atoms with Gasteiger partial charge in [0.2, 0.25) is 11.7 Å². The van der Waals surface area contributed by atoms with Crippen molar-refractivity contribution < 1.29 is 28.0 Å². The van der Waals surface area contributed by atoms with E-state index in [2.05, 4.69) is 0 Å². The van der Waals surface area contributed by atoms with Gasteiger partial charge in [0.15, 0.2) is 12.4 Å². The maximum atomic E-state index is 12.5. The van der Waals surface area contributed by atoms with Crippen LogP contribution in [-0.4, -0.2) is 41.0 Å². The molecule has 2 aromatic heterocycles. The van der Waals surface area contributed by atoms with Crippen molar-refractivity contribution in [3.8, 4) is 0 Å². The molecular formula is C20H17NO6S. The van der Waals surface area contributed by atoms with Crippen LogP contribution in [0.3, 0.4) is 0 Å². The number of benzene rings is 1. The molecule has 0 aliphatic carbocycles. The van der Waals surface area contributed by atoms with Gasteiger partial charge in [-0.05, 0) is 24.3 Å². The first-order valence-electron chi connectivity index (χ1n) is 8.67. The Bertz CT molecular complexity index is 991. The van der Waals surface area contributed by atoms with Crippen molar-refractivity contribution >= 4 is 40.4 Å². The summed E-state index contributed by atoms with van der Waals surface area (Å²) in [6, 6.07) is 11.6. The van der Waals surface area contributed by atoms with Crippen LogP contribution in [0.4, 0.5) is 0 Å². The number of carbonyl (C=O) groups excluding carboxylic acids is 3. The van der Waals surface area contributed by atoms with Crippen LogP contribution >= 0.6 is 11.8 Å². The zero-order valence-corrected chi connectivity index (χ0v) is 15.8. The van der Waals surface area contributed by atoms with E-state index < -0.39 is 29.8 Å². The SMILES string of the molecule is CC(=O)N1[C@H](C(=O)OCC(=O)c2cc3ccccc3o2)CS[C@H]1c1ccco1. The lowest BCUT2D eigenvalue weighted by Gasteiger charge is -2.25. The molecule has 0 N–H and O–H groups in total. The van der Waals surface area contributed by atoms with Gasteiger partial charge in [0.05, 0.1) is 6.26 Å². The number of nitrogens with zero attached hydrogens (tertiary/aromatic N) is 1. The summed E-state index contributed by atoms with van der Waals surface area (Å²) in [4.78, 5) is 38.4. The minimum absolute atomic E-state index is 0.131. The Morgan fingerprint density at radius 2 is 2.04 bits per heavy atom. The predicted octanol–water partition coefficient (Wildman–Crippen LogP) is 3.41. The highest BCUT2D eigenvalue weighted by Gasteiger charge is 2.43. The third-order valence-corrected chi connectivity index (χ3v) is 5.75. The normalized spacial score (nSPS) is 19.1. The highest BCUT2D eigenvalue weighted by atomic mass is 32.2. The molecule has 0 bridgehead atoms. The lowest BCUT2D eigenvalue weighted by atomic mass is 10.2. The van der Waals surface area contributed by atoms with E-state index in [1.165, 1.54) is 29.8 Å². The van der Waals surface area contributed by atoms with Crippen molar-refractivity contribution in [1.29, 1.82) is 0 Å². The van der Waals surface area contributed by atoms with Gasteiger partial charge in [-0.25, -0.2) is 4.79 Å². The lowest BCUT2D eigenvalue weighted by Crippen LogP contribution is -2.43. The van der Waals surface area contributed by atoms with Crippen molar-refractivity contribution in [2.75, 3.05) is 12.4 Å². The summed E-state index contributed by atoms with van der Waals surface area (Å²) in [5.74, 6) is -0.242. The molecule has 1 fully saturated rings. The lowest BCUT2D eigenvalue weighted by molar-refractivity contribution is -0.152. The van der Waals surface area contributed by atoms with Crippen molar-refractivity contribution in [2.45, 2.75) is 18.3 Å². The summed E-state index contributed by atoms with van der Waals surface area (Å²) in [7, 11) is 0. The van der Waals surface area contributed by atoms with E-state index in [-0.39, 0.29) is 11.7 Å². The molecule has 1 aliphatic rings. The van der Waals surface area contributed by atoms with Gasteiger partial charge in [-0.15, -0.1) is 11.8 Å². The van der Waals surface area contributed by atoms with Crippen LogP contribution in [-0.2, 0) is 14.3 Å². The fourth-order valence-electron chi connectivity index (χ4n) is 3.15. The molecule has 1 aromatic carbocycles. The highest BCUT2D eigenvalue weighted by molar-refractivity contribution is 7.99. The Morgan fingerprint density at radius 3 is 2.75 bits per heavy atom. The molecule has 3 heterocycles. The first kappa shape index (κ1) is 18.4. The molecule has 4 rings (SSSR count). The van der Waals surface area contributed by atoms with Crippen molar-refractivity contribution in [3.05, 3.63) is 60.2 Å². The number of hydrogen-bond donors (Lipinski definition) is 0. The first-order chi connectivity index (χ1) is 13.5. The monoisotopic (exact) mass is 399 g/mol. The van der Waals surface area contributed by atoms with Crippen molar-refractivity contribution in [1.82, 2.24) is 4.90 Å². The molecule has 1 saturated heterocycles. The average molecular weight is 399 g/mol. The molecule has 0 saturated carbocycles. The average Bonchev–Trinajstić information content (AvgIpc) is 3.43. The number of rotatable bonds is 5. The van der Waals surface area contributed by atoms with Crippen LogP contribution in [0.15, 0.2) is 57.6 Å². The van der Waals surface area contributed by atoms with E-state index in [9.17, 15) is 14.4 Å². The van der Waals surface area contributed by atoms with Gasteiger partial charge in [0.25, 0.3) is 0 Å². The van der Waals surface area contributed by atoms with Gasteiger partial charge in [0.1, 0.15) is 22.8 Å². The zero-order chi connectivity index (χ0) is 19.7. The number of thioether (sulfide) groups is 1. The van der Waals surface area contributed by atoms with Gasteiger partial charge < -0.3 is 18.5 Å². The summed E-state index contributed by atoms with van der Waals surface area (Å²) in [6.07, 6.45) is 1.52. The Hall–Kier alpha value is -3.00. The third kappa shape index (κ3) is 3.43. The molecule has 8 heteroatoms. The Morgan fingerprint density at radius 1 is 1.21 bits per heavy atom. The number of esters is 1. The van der Waals surface area contributed by atoms with Crippen LogP contribution < -0.4 is 0 Å². The quantitative estimate of drug-likeness (QED) is 0.480. The number of Topliss-reactive ketones (excluding diaryl/α,β-unsaturated/α-hetero) is 1. The minimum Gasteiger partial charge on any atom is -0.466 e. The largest absolute Gasteiger partial charge is 0.466 e. The van der Waals surface area contributed by atoms with E-state index in [1.807, 2.05) is 18.2 Å².